The van der Waals surface area contributed by atoms with Crippen molar-refractivity contribution in [3.63, 3.8) is 0 Å². The van der Waals surface area contributed by atoms with Crippen molar-refractivity contribution < 1.29 is 37.8 Å². The number of aliphatic carboxylic acids is 2. The van der Waals surface area contributed by atoms with Gasteiger partial charge in [-0.25, -0.2) is 4.79 Å². The van der Waals surface area contributed by atoms with E-state index in [1.165, 1.54) is 5.56 Å². The van der Waals surface area contributed by atoms with Crippen molar-refractivity contribution in [2.75, 3.05) is 0 Å². The molecule has 0 spiro atoms. The van der Waals surface area contributed by atoms with Crippen molar-refractivity contribution in [1.82, 2.24) is 0 Å². The van der Waals surface area contributed by atoms with Gasteiger partial charge in [0, 0.05) is 5.92 Å². The molecule has 0 heterocycles. The minimum absolute atomic E-state index is 0.0670. The molecule has 0 bridgehead atoms. The quantitative estimate of drug-likeness (QED) is 0.827. The molecule has 1 aliphatic rings. The molecular formula is C15H15F3O5. The van der Waals surface area contributed by atoms with Crippen molar-refractivity contribution in [2.24, 2.45) is 5.92 Å². The number of benzene rings is 1. The smallest absolute Gasteiger partial charge is 0.481 e. The van der Waals surface area contributed by atoms with Crippen LogP contribution >= 0.6 is 0 Å². The summed E-state index contributed by atoms with van der Waals surface area (Å²) in [6.45, 7) is 0. The molecule has 0 saturated heterocycles. The lowest BCUT2D eigenvalue weighted by molar-refractivity contribution is -0.192. The highest BCUT2D eigenvalue weighted by Gasteiger charge is 2.38. The van der Waals surface area contributed by atoms with Gasteiger partial charge in [0.1, 0.15) is 6.29 Å². The van der Waals surface area contributed by atoms with Crippen molar-refractivity contribution >= 4 is 18.2 Å². The predicted molar refractivity (Wildman–Crippen MR) is 73.0 cm³/mol. The first-order valence-corrected chi connectivity index (χ1v) is 6.71. The summed E-state index contributed by atoms with van der Waals surface area (Å²) in [6, 6.07) is 7.98. The summed E-state index contributed by atoms with van der Waals surface area (Å²) in [7, 11) is 0. The molecule has 0 saturated carbocycles. The molecule has 2 rings (SSSR count). The van der Waals surface area contributed by atoms with Crippen molar-refractivity contribution in [3.05, 3.63) is 35.4 Å². The third kappa shape index (κ3) is 5.39. The number of aldehydes is 1. The van der Waals surface area contributed by atoms with Gasteiger partial charge in [0.2, 0.25) is 0 Å². The Morgan fingerprint density at radius 3 is 2.30 bits per heavy atom. The maximum Gasteiger partial charge on any atom is 0.490 e. The zero-order chi connectivity index (χ0) is 17.6. The molecule has 23 heavy (non-hydrogen) atoms. The van der Waals surface area contributed by atoms with Gasteiger partial charge in [0.05, 0.1) is 6.42 Å². The lowest BCUT2D eigenvalue weighted by Gasteiger charge is -2.17. The lowest BCUT2D eigenvalue weighted by atomic mass is 9.86. The molecule has 0 aromatic heterocycles. The third-order valence-corrected chi connectivity index (χ3v) is 3.52. The van der Waals surface area contributed by atoms with E-state index in [-0.39, 0.29) is 18.3 Å². The Labute approximate surface area is 129 Å². The Bertz CT molecular complexity index is 583. The predicted octanol–water partition coefficient (Wildman–Crippen LogP) is 2.64. The lowest BCUT2D eigenvalue weighted by Crippen LogP contribution is -2.21. The highest BCUT2D eigenvalue weighted by molar-refractivity contribution is 5.73. The number of carboxylic acids is 2. The van der Waals surface area contributed by atoms with Gasteiger partial charge < -0.3 is 15.0 Å². The van der Waals surface area contributed by atoms with Gasteiger partial charge in [-0.05, 0) is 29.9 Å². The fraction of sp³-hybridized carbons (Fsp3) is 0.400. The largest absolute Gasteiger partial charge is 0.490 e. The van der Waals surface area contributed by atoms with E-state index in [0.29, 0.717) is 0 Å². The molecule has 0 amide bonds. The third-order valence-electron chi connectivity index (χ3n) is 3.52. The van der Waals surface area contributed by atoms with Crippen molar-refractivity contribution in [2.45, 2.75) is 31.4 Å². The van der Waals surface area contributed by atoms with Gasteiger partial charge in [-0.1, -0.05) is 24.3 Å². The molecular weight excluding hydrogens is 317 g/mol. The first-order chi connectivity index (χ1) is 10.7. The molecule has 1 aliphatic carbocycles. The molecule has 0 fully saturated rings. The molecule has 0 radical (unpaired) electrons. The van der Waals surface area contributed by atoms with Gasteiger partial charge in [-0.2, -0.15) is 13.2 Å². The van der Waals surface area contributed by atoms with Crippen LogP contribution in [0.15, 0.2) is 24.3 Å². The molecule has 2 N–H and O–H groups in total. The van der Waals surface area contributed by atoms with Gasteiger partial charge in [0.15, 0.2) is 0 Å². The molecule has 2 atom stereocenters. The molecule has 1 aromatic rings. The summed E-state index contributed by atoms with van der Waals surface area (Å²) in [4.78, 5) is 30.5. The Kier molecular flexibility index (Phi) is 6.29. The van der Waals surface area contributed by atoms with Crippen LogP contribution in [0.1, 0.15) is 29.9 Å². The number of alkyl halides is 3. The summed E-state index contributed by atoms with van der Waals surface area (Å²) < 4.78 is 31.7. The van der Waals surface area contributed by atoms with Crippen molar-refractivity contribution in [1.29, 1.82) is 0 Å². The number of carbonyl (C=O) groups excluding carboxylic acids is 1. The molecule has 8 heteroatoms. The molecule has 0 aliphatic heterocycles. The Morgan fingerprint density at radius 1 is 1.26 bits per heavy atom. The van der Waals surface area contributed by atoms with Crippen LogP contribution in [0.5, 0.6) is 0 Å². The number of aryl methyl sites for hydroxylation is 1. The SMILES string of the molecule is O=C(O)C(F)(F)F.O=CC(CC(=O)O)[C@H]1CCc2ccccc21. The van der Waals surface area contributed by atoms with E-state index in [9.17, 15) is 22.8 Å². The average Bonchev–Trinajstić information content (AvgIpc) is 2.88. The topological polar surface area (TPSA) is 91.7 Å². The van der Waals surface area contributed by atoms with Crippen LogP contribution in [-0.4, -0.2) is 34.6 Å². The first kappa shape index (κ1) is 18.7. The van der Waals surface area contributed by atoms with Gasteiger partial charge in [-0.15, -0.1) is 0 Å². The number of halogens is 3. The monoisotopic (exact) mass is 332 g/mol. The normalized spacial score (nSPS) is 17.4. The van der Waals surface area contributed by atoms with Gasteiger partial charge in [0.25, 0.3) is 0 Å². The number of carboxylic acid groups (broad SMARTS) is 2. The second-order valence-corrected chi connectivity index (χ2v) is 5.04. The van der Waals surface area contributed by atoms with Crippen LogP contribution in [0.2, 0.25) is 0 Å². The van der Waals surface area contributed by atoms with Gasteiger partial charge in [-0.3, -0.25) is 4.79 Å². The fourth-order valence-electron chi connectivity index (χ4n) is 2.52. The summed E-state index contributed by atoms with van der Waals surface area (Å²) in [5.74, 6) is -3.96. The highest BCUT2D eigenvalue weighted by Crippen LogP contribution is 2.38. The molecule has 5 nitrogen and oxygen atoms in total. The number of hydrogen-bond donors (Lipinski definition) is 2. The molecule has 1 unspecified atom stereocenters. The molecule has 126 valence electrons. The number of carbonyl (C=O) groups is 3. The van der Waals surface area contributed by atoms with E-state index in [2.05, 4.69) is 6.07 Å². The average molecular weight is 332 g/mol. The number of fused-ring (bicyclic) bond motifs is 1. The first-order valence-electron chi connectivity index (χ1n) is 6.71. The molecule has 1 aromatic carbocycles. The van der Waals surface area contributed by atoms with Crippen LogP contribution in [0.3, 0.4) is 0 Å². The highest BCUT2D eigenvalue weighted by atomic mass is 19.4. The van der Waals surface area contributed by atoms with Crippen LogP contribution in [-0.2, 0) is 20.8 Å². The number of rotatable bonds is 4. The Morgan fingerprint density at radius 2 is 1.83 bits per heavy atom. The second kappa shape index (κ2) is 7.75. The summed E-state index contributed by atoms with van der Waals surface area (Å²) >= 11 is 0. The van der Waals surface area contributed by atoms with Crippen LogP contribution in [0, 0.1) is 5.92 Å². The van der Waals surface area contributed by atoms with E-state index in [1.54, 1.807) is 0 Å². The zero-order valence-corrected chi connectivity index (χ0v) is 11.9. The van der Waals surface area contributed by atoms with Crippen LogP contribution in [0.4, 0.5) is 13.2 Å². The van der Waals surface area contributed by atoms with E-state index < -0.39 is 18.1 Å². The number of hydrogen-bond acceptors (Lipinski definition) is 3. The Hall–Kier alpha value is -2.38. The fourth-order valence-corrected chi connectivity index (χ4v) is 2.52. The van der Waals surface area contributed by atoms with Crippen LogP contribution < -0.4 is 0 Å². The van der Waals surface area contributed by atoms with E-state index in [0.717, 1.165) is 24.7 Å². The maximum absolute atomic E-state index is 11.0. The summed E-state index contributed by atoms with van der Waals surface area (Å²) in [5, 5.41) is 15.9. The Balaban J connectivity index is 0.000000322. The van der Waals surface area contributed by atoms with Crippen LogP contribution in [0.25, 0.3) is 0 Å². The van der Waals surface area contributed by atoms with E-state index in [1.807, 2.05) is 18.2 Å². The maximum atomic E-state index is 11.0. The minimum atomic E-state index is -5.08. The van der Waals surface area contributed by atoms with Crippen molar-refractivity contribution in [3.8, 4) is 0 Å². The summed E-state index contributed by atoms with van der Waals surface area (Å²) in [5.41, 5.74) is 2.41. The summed E-state index contributed by atoms with van der Waals surface area (Å²) in [6.07, 6.45) is -2.52. The van der Waals surface area contributed by atoms with E-state index >= 15 is 0 Å². The second-order valence-electron chi connectivity index (χ2n) is 5.04. The van der Waals surface area contributed by atoms with Gasteiger partial charge >= 0.3 is 18.1 Å². The standard InChI is InChI=1S/C13H14O3.C2HF3O2/c14-8-10(7-13(15)16)12-6-5-9-3-1-2-4-11(9)12;3-2(4,5)1(6)7/h1-4,8,10,12H,5-7H2,(H,15,16);(H,6,7)/t10?,12-;/m1./s1. The zero-order valence-electron chi connectivity index (χ0n) is 11.9. The van der Waals surface area contributed by atoms with E-state index in [4.69, 9.17) is 15.0 Å². The minimum Gasteiger partial charge on any atom is -0.481 e.